The highest BCUT2D eigenvalue weighted by molar-refractivity contribution is 7.89. The number of hydrogen-bond acceptors (Lipinski definition) is 5. The van der Waals surface area contributed by atoms with E-state index in [-0.39, 0.29) is 22.0 Å². The normalized spacial score (nSPS) is 11.2. The van der Waals surface area contributed by atoms with Crippen molar-refractivity contribution in [2.75, 3.05) is 24.2 Å². The van der Waals surface area contributed by atoms with Gasteiger partial charge in [-0.05, 0) is 54.6 Å². The van der Waals surface area contributed by atoms with Crippen molar-refractivity contribution in [2.24, 2.45) is 0 Å². The number of carbonyl (C=O) groups excluding carboxylic acids is 2. The fraction of sp³-hybridized carbons (Fsp3) is 0.0952. The zero-order valence-electron chi connectivity index (χ0n) is 16.7. The van der Waals surface area contributed by atoms with Gasteiger partial charge in [-0.15, -0.1) is 0 Å². The number of carbonyl (C=O) groups is 2. The molecule has 3 aromatic rings. The summed E-state index contributed by atoms with van der Waals surface area (Å²) >= 11 is 0. The molecule has 1 heterocycles. The Hall–Kier alpha value is -3.70. The SMILES string of the molecule is CN(CC(=O)Nc1cc(F)ccc1NC(=O)c1ccccn1)S(=O)(=O)c1ccc(F)cc1. The fourth-order valence-corrected chi connectivity index (χ4v) is 3.80. The number of pyridine rings is 1. The zero-order chi connectivity index (χ0) is 23.3. The van der Waals surface area contributed by atoms with Crippen LogP contribution >= 0.6 is 0 Å². The summed E-state index contributed by atoms with van der Waals surface area (Å²) in [6.45, 7) is -0.607. The highest BCUT2D eigenvalue weighted by Crippen LogP contribution is 2.24. The van der Waals surface area contributed by atoms with Gasteiger partial charge in [0.2, 0.25) is 15.9 Å². The number of nitrogens with zero attached hydrogens (tertiary/aromatic N) is 2. The van der Waals surface area contributed by atoms with Gasteiger partial charge in [-0.2, -0.15) is 4.31 Å². The van der Waals surface area contributed by atoms with Gasteiger partial charge in [0.25, 0.3) is 5.91 Å². The first kappa shape index (κ1) is 23.0. The molecule has 32 heavy (non-hydrogen) atoms. The Morgan fingerprint density at radius 1 is 0.938 bits per heavy atom. The van der Waals surface area contributed by atoms with E-state index in [1.54, 1.807) is 12.1 Å². The third kappa shape index (κ3) is 5.50. The van der Waals surface area contributed by atoms with Crippen LogP contribution in [0.2, 0.25) is 0 Å². The number of sulfonamides is 1. The molecule has 0 saturated carbocycles. The average molecular weight is 460 g/mol. The number of nitrogens with one attached hydrogen (secondary N) is 2. The number of benzene rings is 2. The molecule has 0 aliphatic carbocycles. The molecule has 0 aliphatic rings. The topological polar surface area (TPSA) is 108 Å². The van der Waals surface area contributed by atoms with E-state index in [0.717, 1.165) is 40.7 Å². The second-order valence-corrected chi connectivity index (χ2v) is 8.67. The van der Waals surface area contributed by atoms with Crippen molar-refractivity contribution in [3.05, 3.63) is 84.2 Å². The van der Waals surface area contributed by atoms with E-state index in [9.17, 15) is 26.8 Å². The second-order valence-electron chi connectivity index (χ2n) is 6.62. The molecular weight excluding hydrogens is 442 g/mol. The summed E-state index contributed by atoms with van der Waals surface area (Å²) in [7, 11) is -2.89. The van der Waals surface area contributed by atoms with Crippen LogP contribution in [0.5, 0.6) is 0 Å². The van der Waals surface area contributed by atoms with Crippen molar-refractivity contribution in [1.29, 1.82) is 0 Å². The Labute approximate surface area is 182 Å². The summed E-state index contributed by atoms with van der Waals surface area (Å²) in [4.78, 5) is 28.5. The minimum atomic E-state index is -4.06. The van der Waals surface area contributed by atoms with Crippen LogP contribution in [0.15, 0.2) is 71.8 Å². The molecule has 0 radical (unpaired) electrons. The molecule has 0 saturated heterocycles. The molecule has 2 N–H and O–H groups in total. The maximum absolute atomic E-state index is 13.8. The molecule has 0 fully saturated rings. The van der Waals surface area contributed by atoms with E-state index in [1.165, 1.54) is 25.4 Å². The summed E-state index contributed by atoms with van der Waals surface area (Å²) in [6, 6.07) is 12.2. The van der Waals surface area contributed by atoms with Crippen LogP contribution in [-0.2, 0) is 14.8 Å². The smallest absolute Gasteiger partial charge is 0.274 e. The van der Waals surface area contributed by atoms with E-state index in [1.807, 2.05) is 0 Å². The molecule has 1 aromatic heterocycles. The molecule has 0 bridgehead atoms. The monoisotopic (exact) mass is 460 g/mol. The van der Waals surface area contributed by atoms with E-state index >= 15 is 0 Å². The van der Waals surface area contributed by atoms with Crippen LogP contribution in [0.25, 0.3) is 0 Å². The summed E-state index contributed by atoms with van der Waals surface area (Å²) in [6.07, 6.45) is 1.43. The molecule has 2 amide bonds. The van der Waals surface area contributed by atoms with E-state index in [4.69, 9.17) is 0 Å². The van der Waals surface area contributed by atoms with Gasteiger partial charge in [0, 0.05) is 13.2 Å². The van der Waals surface area contributed by atoms with Crippen molar-refractivity contribution in [3.63, 3.8) is 0 Å². The number of hydrogen-bond donors (Lipinski definition) is 2. The van der Waals surface area contributed by atoms with Gasteiger partial charge in [0.15, 0.2) is 0 Å². The Morgan fingerprint density at radius 2 is 1.62 bits per heavy atom. The van der Waals surface area contributed by atoms with Crippen LogP contribution in [0.4, 0.5) is 20.2 Å². The van der Waals surface area contributed by atoms with Crippen LogP contribution in [0, 0.1) is 11.6 Å². The lowest BCUT2D eigenvalue weighted by atomic mass is 10.2. The predicted molar refractivity (Wildman–Crippen MR) is 113 cm³/mol. The number of halogens is 2. The number of likely N-dealkylation sites (N-methyl/N-ethyl adjacent to an activating group) is 1. The first-order valence-electron chi connectivity index (χ1n) is 9.20. The van der Waals surface area contributed by atoms with Gasteiger partial charge in [-0.3, -0.25) is 14.6 Å². The zero-order valence-corrected chi connectivity index (χ0v) is 17.6. The molecule has 0 unspecified atom stereocenters. The van der Waals surface area contributed by atoms with Crippen molar-refractivity contribution in [2.45, 2.75) is 4.90 Å². The van der Waals surface area contributed by atoms with Gasteiger partial charge in [-0.25, -0.2) is 17.2 Å². The third-order valence-electron chi connectivity index (χ3n) is 4.29. The van der Waals surface area contributed by atoms with Crippen molar-refractivity contribution >= 4 is 33.2 Å². The summed E-state index contributed by atoms with van der Waals surface area (Å²) in [5.74, 6) is -2.64. The Bertz CT molecular complexity index is 1240. The molecule has 0 atom stereocenters. The maximum Gasteiger partial charge on any atom is 0.274 e. The quantitative estimate of drug-likeness (QED) is 0.564. The van der Waals surface area contributed by atoms with Gasteiger partial charge in [0.1, 0.15) is 17.3 Å². The Balaban J connectivity index is 1.73. The van der Waals surface area contributed by atoms with Crippen LogP contribution in [-0.4, -0.2) is 43.1 Å². The molecule has 11 heteroatoms. The number of anilines is 2. The predicted octanol–water partition coefficient (Wildman–Crippen LogP) is 2.87. The van der Waals surface area contributed by atoms with Gasteiger partial charge >= 0.3 is 0 Å². The van der Waals surface area contributed by atoms with Gasteiger partial charge in [-0.1, -0.05) is 6.07 Å². The molecule has 166 valence electrons. The number of rotatable bonds is 7. The van der Waals surface area contributed by atoms with Crippen LogP contribution in [0.1, 0.15) is 10.5 Å². The second kappa shape index (κ2) is 9.62. The third-order valence-corrected chi connectivity index (χ3v) is 6.11. The van der Waals surface area contributed by atoms with E-state index in [0.29, 0.717) is 0 Å². The minimum Gasteiger partial charge on any atom is -0.323 e. The van der Waals surface area contributed by atoms with Crippen molar-refractivity contribution in [1.82, 2.24) is 9.29 Å². The first-order chi connectivity index (χ1) is 15.2. The van der Waals surface area contributed by atoms with Crippen molar-refractivity contribution < 1.29 is 26.8 Å². The molecule has 8 nitrogen and oxygen atoms in total. The van der Waals surface area contributed by atoms with Crippen LogP contribution in [0.3, 0.4) is 0 Å². The van der Waals surface area contributed by atoms with Crippen molar-refractivity contribution in [3.8, 4) is 0 Å². The lowest BCUT2D eigenvalue weighted by Crippen LogP contribution is -2.35. The highest BCUT2D eigenvalue weighted by atomic mass is 32.2. The minimum absolute atomic E-state index is 0.0631. The number of aromatic nitrogens is 1. The first-order valence-corrected chi connectivity index (χ1v) is 10.6. The van der Waals surface area contributed by atoms with E-state index in [2.05, 4.69) is 15.6 Å². The fourth-order valence-electron chi connectivity index (χ4n) is 2.68. The van der Waals surface area contributed by atoms with Gasteiger partial charge < -0.3 is 10.6 Å². The number of amides is 2. The molecule has 0 spiro atoms. The van der Waals surface area contributed by atoms with E-state index < -0.39 is 40.0 Å². The molecule has 0 aliphatic heterocycles. The molecule has 2 aromatic carbocycles. The highest BCUT2D eigenvalue weighted by Gasteiger charge is 2.23. The largest absolute Gasteiger partial charge is 0.323 e. The molecular formula is C21H18F2N4O4S. The average Bonchev–Trinajstić information content (AvgIpc) is 2.76. The standard InChI is InChI=1S/C21H18F2N4O4S/c1-27(32(30,31)16-8-5-14(22)6-9-16)13-20(28)25-19-12-15(23)7-10-17(19)26-21(29)18-4-2-3-11-24-18/h2-12H,13H2,1H3,(H,25,28)(H,26,29). The summed E-state index contributed by atoms with van der Waals surface area (Å²) in [5.41, 5.74) is 0.144. The summed E-state index contributed by atoms with van der Waals surface area (Å²) < 4.78 is 52.7. The Kier molecular flexibility index (Phi) is 6.91. The van der Waals surface area contributed by atoms with Gasteiger partial charge in [0.05, 0.1) is 22.8 Å². The summed E-state index contributed by atoms with van der Waals surface area (Å²) in [5, 5.41) is 4.92. The Morgan fingerprint density at radius 3 is 2.28 bits per heavy atom. The van der Waals surface area contributed by atoms with Crippen LogP contribution < -0.4 is 10.6 Å². The maximum atomic E-state index is 13.8. The molecule has 3 rings (SSSR count). The lowest BCUT2D eigenvalue weighted by Gasteiger charge is -2.18. The lowest BCUT2D eigenvalue weighted by molar-refractivity contribution is -0.116.